The number of anilines is 2. The lowest BCUT2D eigenvalue weighted by Crippen LogP contribution is -2.36. The number of aromatic nitrogens is 1. The highest BCUT2D eigenvalue weighted by molar-refractivity contribution is 6.02. The maximum Gasteiger partial charge on any atom is 0.250 e. The van der Waals surface area contributed by atoms with E-state index in [1.807, 2.05) is 6.92 Å². The molecule has 118 valence electrons. The van der Waals surface area contributed by atoms with Gasteiger partial charge in [0.25, 0.3) is 5.91 Å². The van der Waals surface area contributed by atoms with Crippen molar-refractivity contribution >= 4 is 17.3 Å². The molecule has 3 rings (SSSR count). The van der Waals surface area contributed by atoms with Gasteiger partial charge in [0, 0.05) is 12.3 Å². The average molecular weight is 311 g/mol. The fourth-order valence-electron chi connectivity index (χ4n) is 2.38. The lowest BCUT2D eigenvalue weighted by atomic mass is 10.2. The molecular weight excluding hydrogens is 294 g/mol. The number of rotatable bonds is 3. The maximum atomic E-state index is 11.9. The van der Waals surface area contributed by atoms with Crippen LogP contribution in [0, 0.1) is 6.92 Å². The Morgan fingerprint density at radius 1 is 1.48 bits per heavy atom. The van der Waals surface area contributed by atoms with E-state index in [2.05, 4.69) is 11.6 Å². The summed E-state index contributed by atoms with van der Waals surface area (Å²) in [6.07, 6.45) is 2.97. The first-order valence-corrected chi connectivity index (χ1v) is 7.19. The van der Waals surface area contributed by atoms with Crippen LogP contribution in [0.4, 0.5) is 11.4 Å². The number of hydrogen-bond acceptors (Lipinski definition) is 5. The van der Waals surface area contributed by atoms with E-state index in [-0.39, 0.29) is 5.91 Å². The van der Waals surface area contributed by atoms with Crippen molar-refractivity contribution in [2.45, 2.75) is 6.92 Å². The Bertz CT molecular complexity index is 774. The van der Waals surface area contributed by atoms with Crippen LogP contribution in [0.2, 0.25) is 0 Å². The second-order valence-electron chi connectivity index (χ2n) is 5.18. The quantitative estimate of drug-likeness (QED) is 0.882. The first kappa shape index (κ1) is 14.9. The summed E-state index contributed by atoms with van der Waals surface area (Å²) in [5.41, 5.74) is 8.02. The Labute approximate surface area is 134 Å². The Morgan fingerprint density at radius 3 is 3.04 bits per heavy atom. The van der Waals surface area contributed by atoms with E-state index in [1.54, 1.807) is 35.4 Å². The molecule has 1 aromatic carbocycles. The molecule has 0 unspecified atom stereocenters. The summed E-state index contributed by atoms with van der Waals surface area (Å²) in [6, 6.07) is 7.04. The lowest BCUT2D eigenvalue weighted by Gasteiger charge is -2.28. The topological polar surface area (TPSA) is 77.7 Å². The SMILES string of the molecule is C=CC(=O)N1CCOc2cc(Oc3ncc(C)cc3N)ccc21. The van der Waals surface area contributed by atoms with Gasteiger partial charge in [-0.1, -0.05) is 6.58 Å². The van der Waals surface area contributed by atoms with Crippen molar-refractivity contribution in [3.63, 3.8) is 0 Å². The number of carbonyl (C=O) groups is 1. The van der Waals surface area contributed by atoms with Crippen molar-refractivity contribution in [2.75, 3.05) is 23.8 Å². The molecule has 2 heterocycles. The molecule has 0 radical (unpaired) electrons. The van der Waals surface area contributed by atoms with Crippen molar-refractivity contribution in [3.8, 4) is 17.4 Å². The van der Waals surface area contributed by atoms with Crippen LogP contribution in [0.5, 0.6) is 17.4 Å². The Hall–Kier alpha value is -3.02. The molecule has 0 spiro atoms. The second-order valence-corrected chi connectivity index (χ2v) is 5.18. The minimum absolute atomic E-state index is 0.160. The van der Waals surface area contributed by atoms with Gasteiger partial charge in [0.1, 0.15) is 18.1 Å². The number of nitrogens with zero attached hydrogens (tertiary/aromatic N) is 2. The molecule has 6 nitrogen and oxygen atoms in total. The van der Waals surface area contributed by atoms with Crippen LogP contribution in [0.3, 0.4) is 0 Å². The molecule has 1 aliphatic rings. The summed E-state index contributed by atoms with van der Waals surface area (Å²) in [7, 11) is 0. The third-order valence-corrected chi connectivity index (χ3v) is 3.47. The predicted octanol–water partition coefficient (Wildman–Crippen LogP) is 2.68. The number of fused-ring (bicyclic) bond motifs is 1. The summed E-state index contributed by atoms with van der Waals surface area (Å²) in [4.78, 5) is 17.7. The van der Waals surface area contributed by atoms with Gasteiger partial charge in [-0.2, -0.15) is 0 Å². The van der Waals surface area contributed by atoms with Crippen LogP contribution in [0.15, 0.2) is 43.1 Å². The van der Waals surface area contributed by atoms with E-state index >= 15 is 0 Å². The van der Waals surface area contributed by atoms with Crippen molar-refractivity contribution in [2.24, 2.45) is 0 Å². The number of benzene rings is 1. The monoisotopic (exact) mass is 311 g/mol. The molecule has 0 atom stereocenters. The van der Waals surface area contributed by atoms with Gasteiger partial charge in [-0.15, -0.1) is 0 Å². The number of ether oxygens (including phenoxy) is 2. The standard InChI is InChI=1S/C17H17N3O3/c1-3-16(21)20-6-7-22-15-9-12(4-5-14(15)20)23-17-13(18)8-11(2)10-19-17/h3-5,8-10H,1,6-7,18H2,2H3. The molecular formula is C17H17N3O3. The first-order valence-electron chi connectivity index (χ1n) is 7.19. The van der Waals surface area contributed by atoms with Gasteiger partial charge >= 0.3 is 0 Å². The maximum absolute atomic E-state index is 11.9. The van der Waals surface area contributed by atoms with E-state index in [9.17, 15) is 4.79 Å². The van der Waals surface area contributed by atoms with E-state index < -0.39 is 0 Å². The largest absolute Gasteiger partial charge is 0.489 e. The smallest absolute Gasteiger partial charge is 0.250 e. The number of carbonyl (C=O) groups excluding carboxylic acids is 1. The van der Waals surface area contributed by atoms with Crippen molar-refractivity contribution in [1.29, 1.82) is 0 Å². The zero-order valence-electron chi connectivity index (χ0n) is 12.8. The van der Waals surface area contributed by atoms with Crippen LogP contribution in [-0.4, -0.2) is 24.0 Å². The number of amides is 1. The van der Waals surface area contributed by atoms with Crippen LogP contribution in [-0.2, 0) is 4.79 Å². The van der Waals surface area contributed by atoms with Crippen molar-refractivity contribution in [3.05, 3.63) is 48.7 Å². The zero-order valence-corrected chi connectivity index (χ0v) is 12.8. The third-order valence-electron chi connectivity index (χ3n) is 3.47. The minimum atomic E-state index is -0.160. The number of pyridine rings is 1. The summed E-state index contributed by atoms with van der Waals surface area (Å²) in [5.74, 6) is 1.30. The predicted molar refractivity (Wildman–Crippen MR) is 87.9 cm³/mol. The number of aryl methyl sites for hydroxylation is 1. The average Bonchev–Trinajstić information content (AvgIpc) is 2.56. The number of nitrogen functional groups attached to an aromatic ring is 1. The van der Waals surface area contributed by atoms with E-state index in [0.29, 0.717) is 41.9 Å². The van der Waals surface area contributed by atoms with Crippen LogP contribution in [0.25, 0.3) is 0 Å². The third kappa shape index (κ3) is 2.96. The Balaban J connectivity index is 1.89. The highest BCUT2D eigenvalue weighted by Gasteiger charge is 2.22. The van der Waals surface area contributed by atoms with Gasteiger partial charge in [-0.25, -0.2) is 4.98 Å². The number of nitrogens with two attached hydrogens (primary N) is 1. The molecule has 0 fully saturated rings. The van der Waals surface area contributed by atoms with Crippen molar-refractivity contribution < 1.29 is 14.3 Å². The molecule has 0 saturated carbocycles. The van der Waals surface area contributed by atoms with Gasteiger partial charge < -0.3 is 20.1 Å². The van der Waals surface area contributed by atoms with Crippen LogP contribution >= 0.6 is 0 Å². The van der Waals surface area contributed by atoms with Crippen LogP contribution in [0.1, 0.15) is 5.56 Å². The highest BCUT2D eigenvalue weighted by atomic mass is 16.5. The molecule has 1 aromatic heterocycles. The summed E-state index contributed by atoms with van der Waals surface area (Å²) in [5, 5.41) is 0. The molecule has 23 heavy (non-hydrogen) atoms. The van der Waals surface area contributed by atoms with Gasteiger partial charge in [0.05, 0.1) is 17.9 Å². The first-order chi connectivity index (χ1) is 11.1. The molecule has 0 saturated heterocycles. The molecule has 0 bridgehead atoms. The summed E-state index contributed by atoms with van der Waals surface area (Å²) < 4.78 is 11.3. The molecule has 6 heteroatoms. The van der Waals surface area contributed by atoms with Gasteiger partial charge in [-0.05, 0) is 36.8 Å². The number of hydrogen-bond donors (Lipinski definition) is 1. The summed E-state index contributed by atoms with van der Waals surface area (Å²) >= 11 is 0. The van der Waals surface area contributed by atoms with E-state index in [1.165, 1.54) is 6.08 Å². The normalized spacial score (nSPS) is 13.0. The van der Waals surface area contributed by atoms with Gasteiger partial charge in [0.2, 0.25) is 5.88 Å². The molecule has 0 aliphatic carbocycles. The fraction of sp³-hybridized carbons (Fsp3) is 0.176. The zero-order chi connectivity index (χ0) is 16.4. The molecule has 1 aliphatic heterocycles. The second kappa shape index (κ2) is 6.00. The van der Waals surface area contributed by atoms with Crippen LogP contribution < -0.4 is 20.1 Å². The Morgan fingerprint density at radius 2 is 2.30 bits per heavy atom. The fourth-order valence-corrected chi connectivity index (χ4v) is 2.38. The molecule has 2 aromatic rings. The minimum Gasteiger partial charge on any atom is -0.489 e. The Kier molecular flexibility index (Phi) is 3.89. The molecule has 2 N–H and O–H groups in total. The highest BCUT2D eigenvalue weighted by Crippen LogP contribution is 2.37. The van der Waals surface area contributed by atoms with Gasteiger partial charge in [0.15, 0.2) is 0 Å². The van der Waals surface area contributed by atoms with E-state index in [0.717, 1.165) is 5.56 Å². The van der Waals surface area contributed by atoms with Crippen molar-refractivity contribution in [1.82, 2.24) is 4.98 Å². The summed E-state index contributed by atoms with van der Waals surface area (Å²) in [6.45, 7) is 6.34. The van der Waals surface area contributed by atoms with E-state index in [4.69, 9.17) is 15.2 Å². The lowest BCUT2D eigenvalue weighted by molar-refractivity contribution is -0.114. The molecule has 1 amide bonds. The van der Waals surface area contributed by atoms with Gasteiger partial charge in [-0.3, -0.25) is 4.79 Å².